The van der Waals surface area contributed by atoms with Crippen LogP contribution < -0.4 is 5.73 Å². The minimum absolute atomic E-state index is 0.0720. The van der Waals surface area contributed by atoms with E-state index in [1.54, 1.807) is 19.0 Å². The summed E-state index contributed by atoms with van der Waals surface area (Å²) in [5.41, 5.74) is 3.06. The number of aromatic hydroxyl groups is 1. The minimum Gasteiger partial charge on any atom is -0.510 e. The smallest absolute Gasteiger partial charge is 0.255 e. The standard InChI is InChI=1S/C22H24N2O7/c1-22(31)9-5-4-6-11(25)13(9)19(28)14-10(22)7-8-12(17(14)26)18(27)15(21(23)30)20(29)16(8)24(2)3/h4-6,8,10,14,16,25,27,29,31H,7H2,1-3H3,(H2,23,30)/t8-,10+,14-,16+,22-/m1/s1. The van der Waals surface area contributed by atoms with Gasteiger partial charge in [-0.2, -0.15) is 0 Å². The van der Waals surface area contributed by atoms with Crippen molar-refractivity contribution in [3.63, 3.8) is 0 Å². The molecule has 31 heavy (non-hydrogen) atoms. The van der Waals surface area contributed by atoms with Crippen molar-refractivity contribution in [1.29, 1.82) is 0 Å². The zero-order chi connectivity index (χ0) is 23.0. The molecular formula is C22H24N2O7. The number of aliphatic hydroxyl groups excluding tert-OH is 2. The molecule has 0 radical (unpaired) electrons. The normalized spacial score (nSPS) is 32.7. The Hall–Kier alpha value is -3.17. The van der Waals surface area contributed by atoms with Crippen LogP contribution in [-0.4, -0.2) is 62.9 Å². The zero-order valence-corrected chi connectivity index (χ0v) is 17.3. The summed E-state index contributed by atoms with van der Waals surface area (Å²) in [5.74, 6) is -7.08. The largest absolute Gasteiger partial charge is 0.510 e. The molecule has 0 saturated heterocycles. The molecule has 0 heterocycles. The van der Waals surface area contributed by atoms with Crippen LogP contribution in [-0.2, 0) is 15.2 Å². The van der Waals surface area contributed by atoms with Crippen molar-refractivity contribution in [2.45, 2.75) is 25.0 Å². The zero-order valence-electron chi connectivity index (χ0n) is 17.3. The van der Waals surface area contributed by atoms with Crippen LogP contribution in [0, 0.1) is 17.8 Å². The molecule has 3 aliphatic rings. The fourth-order valence-electron chi connectivity index (χ4n) is 5.51. The van der Waals surface area contributed by atoms with Gasteiger partial charge in [-0.15, -0.1) is 0 Å². The van der Waals surface area contributed by atoms with Crippen molar-refractivity contribution in [3.05, 3.63) is 52.0 Å². The maximum Gasteiger partial charge on any atom is 0.255 e. The molecule has 0 aromatic heterocycles. The van der Waals surface area contributed by atoms with Gasteiger partial charge in [0.1, 0.15) is 22.8 Å². The van der Waals surface area contributed by atoms with Crippen LogP contribution >= 0.6 is 0 Å². The molecule has 164 valence electrons. The van der Waals surface area contributed by atoms with Gasteiger partial charge in [0.2, 0.25) is 0 Å². The number of aliphatic hydroxyl groups is 3. The Balaban J connectivity index is 1.96. The molecule has 5 atom stereocenters. The van der Waals surface area contributed by atoms with Gasteiger partial charge >= 0.3 is 0 Å². The maximum absolute atomic E-state index is 13.6. The van der Waals surface area contributed by atoms with Gasteiger partial charge in [0.25, 0.3) is 5.91 Å². The Kier molecular flexibility index (Phi) is 4.53. The van der Waals surface area contributed by atoms with E-state index in [1.165, 1.54) is 25.1 Å². The van der Waals surface area contributed by atoms with E-state index in [4.69, 9.17) is 5.73 Å². The maximum atomic E-state index is 13.6. The highest BCUT2D eigenvalue weighted by molar-refractivity contribution is 6.20. The third kappa shape index (κ3) is 2.66. The number of carbonyl (C=O) groups excluding carboxylic acids is 3. The third-order valence-electron chi connectivity index (χ3n) is 6.88. The van der Waals surface area contributed by atoms with Gasteiger partial charge in [-0.25, -0.2) is 0 Å². The molecule has 9 nitrogen and oxygen atoms in total. The molecular weight excluding hydrogens is 404 g/mol. The fraction of sp³-hybridized carbons (Fsp3) is 0.409. The summed E-state index contributed by atoms with van der Waals surface area (Å²) in [5, 5.41) is 43.1. The quantitative estimate of drug-likeness (QED) is 0.429. The topological polar surface area (TPSA) is 161 Å². The second kappa shape index (κ2) is 6.66. The van der Waals surface area contributed by atoms with Gasteiger partial charge in [-0.1, -0.05) is 12.1 Å². The second-order valence-corrected chi connectivity index (χ2v) is 8.80. The van der Waals surface area contributed by atoms with E-state index < -0.39 is 64.0 Å². The van der Waals surface area contributed by atoms with Gasteiger partial charge in [0, 0.05) is 17.4 Å². The Morgan fingerprint density at radius 2 is 1.81 bits per heavy atom. The highest BCUT2D eigenvalue weighted by Crippen LogP contribution is 2.54. The van der Waals surface area contributed by atoms with Gasteiger partial charge in [0.15, 0.2) is 11.6 Å². The molecule has 1 fully saturated rings. The number of carbonyl (C=O) groups is 3. The van der Waals surface area contributed by atoms with E-state index in [9.17, 15) is 34.8 Å². The predicted molar refractivity (Wildman–Crippen MR) is 108 cm³/mol. The van der Waals surface area contributed by atoms with Crippen LogP contribution in [0.15, 0.2) is 40.9 Å². The predicted octanol–water partition coefficient (Wildman–Crippen LogP) is 0.671. The summed E-state index contributed by atoms with van der Waals surface area (Å²) in [4.78, 5) is 40.4. The van der Waals surface area contributed by atoms with E-state index >= 15 is 0 Å². The van der Waals surface area contributed by atoms with Crippen molar-refractivity contribution in [2.24, 2.45) is 23.5 Å². The number of primary amides is 1. The first-order valence-corrected chi connectivity index (χ1v) is 9.87. The molecule has 0 spiro atoms. The van der Waals surface area contributed by atoms with Crippen LogP contribution in [0.3, 0.4) is 0 Å². The lowest BCUT2D eigenvalue weighted by molar-refractivity contribution is -0.130. The van der Waals surface area contributed by atoms with Gasteiger partial charge in [0.05, 0.1) is 23.1 Å². The average Bonchev–Trinajstić information content (AvgIpc) is 2.65. The molecule has 9 heteroatoms. The number of benzene rings is 1. The Morgan fingerprint density at radius 3 is 2.39 bits per heavy atom. The first-order valence-electron chi connectivity index (χ1n) is 9.87. The Labute approximate surface area is 178 Å². The summed E-state index contributed by atoms with van der Waals surface area (Å²) >= 11 is 0. The monoisotopic (exact) mass is 428 g/mol. The van der Waals surface area contributed by atoms with Crippen LogP contribution in [0.25, 0.3) is 0 Å². The lowest BCUT2D eigenvalue weighted by Crippen LogP contribution is -2.57. The van der Waals surface area contributed by atoms with Crippen LogP contribution in [0.1, 0.15) is 29.3 Å². The highest BCUT2D eigenvalue weighted by Gasteiger charge is 2.59. The molecule has 0 bridgehead atoms. The summed E-state index contributed by atoms with van der Waals surface area (Å²) in [6.07, 6.45) is 0.0720. The number of nitrogens with two attached hydrogens (primary N) is 1. The number of likely N-dealkylation sites (N-methyl/N-ethyl adjacent to an activating group) is 1. The summed E-state index contributed by atoms with van der Waals surface area (Å²) in [7, 11) is 3.26. The second-order valence-electron chi connectivity index (χ2n) is 8.80. The number of rotatable bonds is 2. The Bertz CT molecular complexity index is 1100. The fourth-order valence-corrected chi connectivity index (χ4v) is 5.51. The number of phenols is 1. The number of ketones is 2. The molecule has 1 saturated carbocycles. The minimum atomic E-state index is -1.64. The van der Waals surface area contributed by atoms with Crippen molar-refractivity contribution >= 4 is 17.5 Å². The summed E-state index contributed by atoms with van der Waals surface area (Å²) in [6, 6.07) is 3.47. The first kappa shape index (κ1) is 21.1. The number of phenolic OH excluding ortho intramolecular Hbond substituents is 1. The molecule has 4 rings (SSSR count). The lowest BCUT2D eigenvalue weighted by atomic mass is 9.55. The SMILES string of the molecule is CN(C)[C@@H]1C(O)=C(C(N)=O)C(O)=C2C(=O)[C@@H]3C(=O)c4c(O)cccc4[C@@](C)(O)[C@H]3C[C@H]21. The molecule has 3 aliphatic carbocycles. The number of nitrogens with zero attached hydrogens (tertiary/aromatic N) is 1. The lowest BCUT2D eigenvalue weighted by Gasteiger charge is -2.50. The molecule has 1 amide bonds. The third-order valence-corrected chi connectivity index (χ3v) is 6.88. The van der Waals surface area contributed by atoms with Gasteiger partial charge in [-0.05, 0) is 39.1 Å². The number of hydrogen-bond acceptors (Lipinski definition) is 8. The van der Waals surface area contributed by atoms with Crippen LogP contribution in [0.5, 0.6) is 5.75 Å². The number of hydrogen-bond donors (Lipinski definition) is 5. The molecule has 1 aromatic carbocycles. The molecule has 6 N–H and O–H groups in total. The van der Waals surface area contributed by atoms with Crippen LogP contribution in [0.2, 0.25) is 0 Å². The van der Waals surface area contributed by atoms with E-state index in [0.29, 0.717) is 0 Å². The van der Waals surface area contributed by atoms with E-state index in [2.05, 4.69) is 0 Å². The van der Waals surface area contributed by atoms with Crippen LogP contribution in [0.4, 0.5) is 0 Å². The average molecular weight is 428 g/mol. The summed E-state index contributed by atoms with van der Waals surface area (Å²) < 4.78 is 0. The van der Waals surface area contributed by atoms with Crippen molar-refractivity contribution in [2.75, 3.05) is 14.1 Å². The summed E-state index contributed by atoms with van der Waals surface area (Å²) in [6.45, 7) is 1.48. The van der Waals surface area contributed by atoms with E-state index in [0.717, 1.165) is 0 Å². The van der Waals surface area contributed by atoms with Crippen molar-refractivity contribution in [1.82, 2.24) is 4.90 Å². The van der Waals surface area contributed by atoms with E-state index in [1.807, 2.05) is 0 Å². The number of fused-ring (bicyclic) bond motifs is 3. The van der Waals surface area contributed by atoms with Crippen molar-refractivity contribution in [3.8, 4) is 5.75 Å². The Morgan fingerprint density at radius 1 is 1.16 bits per heavy atom. The highest BCUT2D eigenvalue weighted by atomic mass is 16.3. The number of amides is 1. The number of Topliss-reactive ketones (excluding diaryl/α,β-unsaturated/α-hetero) is 2. The van der Waals surface area contributed by atoms with Crippen molar-refractivity contribution < 1.29 is 34.8 Å². The van der Waals surface area contributed by atoms with Gasteiger partial charge in [-0.3, -0.25) is 19.3 Å². The van der Waals surface area contributed by atoms with E-state index in [-0.39, 0.29) is 28.9 Å². The molecule has 0 aliphatic heterocycles. The molecule has 1 aromatic rings. The molecule has 0 unspecified atom stereocenters. The first-order chi connectivity index (χ1) is 14.4. The van der Waals surface area contributed by atoms with Gasteiger partial charge < -0.3 is 26.2 Å².